The van der Waals surface area contributed by atoms with Crippen molar-refractivity contribution in [3.8, 4) is 0 Å². The molecular formula is C18H19N3O2S. The Bertz CT molecular complexity index is 775. The minimum Gasteiger partial charge on any atom is -0.367 e. The van der Waals surface area contributed by atoms with Crippen molar-refractivity contribution in [3.05, 3.63) is 29.8 Å². The standard InChI is InChI=1S/C18H19N3O2S/c22-15-18(16(23)21(12-7-8-12)17(24)19-15)10-11-4-1-2-5-13(11)20-9-3-6-14(18)20/h1-2,4-5,12,14H,3,6-10H2,(H,19,22,24)/t14-,18-/m0/s1. The summed E-state index contributed by atoms with van der Waals surface area (Å²) in [7, 11) is 0. The summed E-state index contributed by atoms with van der Waals surface area (Å²) in [5.74, 6) is -0.286. The quantitative estimate of drug-likeness (QED) is 0.623. The normalized spacial score (nSPS) is 32.0. The number of nitrogens with one attached hydrogen (secondary N) is 1. The predicted molar refractivity (Wildman–Crippen MR) is 93.6 cm³/mol. The number of hydrogen-bond donors (Lipinski definition) is 1. The van der Waals surface area contributed by atoms with Crippen LogP contribution in [0.15, 0.2) is 24.3 Å². The Kier molecular flexibility index (Phi) is 2.87. The van der Waals surface area contributed by atoms with Crippen LogP contribution in [0.25, 0.3) is 0 Å². The fourth-order valence-corrected chi connectivity index (χ4v) is 5.04. The summed E-state index contributed by atoms with van der Waals surface area (Å²) in [4.78, 5) is 30.5. The Morgan fingerprint density at radius 1 is 1.17 bits per heavy atom. The van der Waals surface area contributed by atoms with Gasteiger partial charge < -0.3 is 10.2 Å². The lowest BCUT2D eigenvalue weighted by molar-refractivity contribution is -0.152. The Morgan fingerprint density at radius 3 is 2.75 bits per heavy atom. The van der Waals surface area contributed by atoms with Gasteiger partial charge in [-0.3, -0.25) is 14.5 Å². The largest absolute Gasteiger partial charge is 0.367 e. The number of amides is 2. The van der Waals surface area contributed by atoms with Crippen LogP contribution < -0.4 is 10.2 Å². The Morgan fingerprint density at radius 2 is 1.96 bits per heavy atom. The highest BCUT2D eigenvalue weighted by Gasteiger charge is 2.63. The van der Waals surface area contributed by atoms with E-state index in [0.717, 1.165) is 37.8 Å². The molecule has 0 radical (unpaired) electrons. The summed E-state index contributed by atoms with van der Waals surface area (Å²) in [5, 5.41) is 3.15. The summed E-state index contributed by atoms with van der Waals surface area (Å²) in [5.41, 5.74) is 1.23. The van der Waals surface area contributed by atoms with Crippen LogP contribution in [0.3, 0.4) is 0 Å². The lowest BCUT2D eigenvalue weighted by atomic mass is 9.68. The first-order chi connectivity index (χ1) is 11.6. The molecule has 1 aromatic carbocycles. The maximum Gasteiger partial charge on any atom is 0.247 e. The minimum atomic E-state index is -1.03. The van der Waals surface area contributed by atoms with Crippen molar-refractivity contribution in [1.82, 2.24) is 10.2 Å². The van der Waals surface area contributed by atoms with Gasteiger partial charge in [-0.2, -0.15) is 0 Å². The number of carbonyl (C=O) groups is 2. The van der Waals surface area contributed by atoms with Crippen molar-refractivity contribution < 1.29 is 9.59 Å². The first kappa shape index (κ1) is 14.4. The van der Waals surface area contributed by atoms with Crippen LogP contribution in [0.2, 0.25) is 0 Å². The highest BCUT2D eigenvalue weighted by atomic mass is 32.1. The second kappa shape index (κ2) is 4.79. The van der Waals surface area contributed by atoms with Gasteiger partial charge in [0, 0.05) is 18.3 Å². The SMILES string of the molecule is O=C1NC(=S)N(C2CC2)C(=O)[C@]12Cc1ccccc1N1CCC[C@H]12. The molecule has 1 spiro atoms. The molecule has 0 bridgehead atoms. The second-order valence-corrected chi connectivity index (χ2v) is 7.68. The Balaban J connectivity index is 1.66. The van der Waals surface area contributed by atoms with E-state index in [1.807, 2.05) is 18.2 Å². The number of benzene rings is 1. The lowest BCUT2D eigenvalue weighted by Crippen LogP contribution is -2.71. The fraction of sp³-hybridized carbons (Fsp3) is 0.500. The molecule has 1 aromatic rings. The molecule has 3 fully saturated rings. The van der Waals surface area contributed by atoms with Crippen LogP contribution >= 0.6 is 12.2 Å². The van der Waals surface area contributed by atoms with Crippen molar-refractivity contribution in [3.63, 3.8) is 0 Å². The van der Waals surface area contributed by atoms with Crippen molar-refractivity contribution in [2.24, 2.45) is 5.41 Å². The molecule has 4 aliphatic rings. The molecule has 124 valence electrons. The maximum atomic E-state index is 13.5. The van der Waals surface area contributed by atoms with E-state index >= 15 is 0 Å². The minimum absolute atomic E-state index is 0.0655. The third-order valence-corrected chi connectivity index (χ3v) is 6.25. The molecule has 5 nitrogen and oxygen atoms in total. The van der Waals surface area contributed by atoms with Gasteiger partial charge in [0.1, 0.15) is 0 Å². The number of hydrogen-bond acceptors (Lipinski definition) is 4. The summed E-state index contributed by atoms with van der Waals surface area (Å²) >= 11 is 5.31. The predicted octanol–water partition coefficient (Wildman–Crippen LogP) is 1.60. The van der Waals surface area contributed by atoms with Gasteiger partial charge in [0.05, 0.1) is 6.04 Å². The van der Waals surface area contributed by atoms with Crippen LogP contribution in [0.5, 0.6) is 0 Å². The molecule has 0 aromatic heterocycles. The van der Waals surface area contributed by atoms with Gasteiger partial charge >= 0.3 is 0 Å². The number of fused-ring (bicyclic) bond motifs is 4. The van der Waals surface area contributed by atoms with Gasteiger partial charge in [-0.25, -0.2) is 0 Å². The fourth-order valence-electron chi connectivity index (χ4n) is 4.71. The molecule has 2 amide bonds. The molecule has 1 saturated carbocycles. The molecule has 2 atom stereocenters. The number of anilines is 1. The number of nitrogens with zero attached hydrogens (tertiary/aromatic N) is 2. The van der Waals surface area contributed by atoms with E-state index < -0.39 is 5.41 Å². The Labute approximate surface area is 146 Å². The van der Waals surface area contributed by atoms with Gasteiger partial charge in [0.2, 0.25) is 11.8 Å². The van der Waals surface area contributed by atoms with Crippen molar-refractivity contribution in [2.75, 3.05) is 11.4 Å². The highest BCUT2D eigenvalue weighted by molar-refractivity contribution is 7.80. The van der Waals surface area contributed by atoms with Gasteiger partial charge in [0.15, 0.2) is 10.5 Å². The molecule has 6 heteroatoms. The monoisotopic (exact) mass is 341 g/mol. The van der Waals surface area contributed by atoms with E-state index in [0.29, 0.717) is 11.5 Å². The van der Waals surface area contributed by atoms with Crippen molar-refractivity contribution in [2.45, 2.75) is 44.2 Å². The number of thiocarbonyl (C=S) groups is 1. The van der Waals surface area contributed by atoms with Gasteiger partial charge in [-0.05, 0) is 56.0 Å². The van der Waals surface area contributed by atoms with Gasteiger partial charge in [-0.1, -0.05) is 18.2 Å². The van der Waals surface area contributed by atoms with Crippen molar-refractivity contribution >= 4 is 34.8 Å². The molecular weight excluding hydrogens is 322 g/mol. The van der Waals surface area contributed by atoms with Gasteiger partial charge in [-0.15, -0.1) is 0 Å². The average Bonchev–Trinajstić information content (AvgIpc) is 3.27. The number of para-hydroxylation sites is 1. The molecule has 1 N–H and O–H groups in total. The Hall–Kier alpha value is -1.95. The summed E-state index contributed by atoms with van der Waals surface area (Å²) < 4.78 is 0. The first-order valence-corrected chi connectivity index (χ1v) is 9.07. The van der Waals surface area contributed by atoms with E-state index in [1.54, 1.807) is 4.90 Å². The van der Waals surface area contributed by atoms with Crippen LogP contribution in [0, 0.1) is 5.41 Å². The zero-order chi connectivity index (χ0) is 16.5. The van der Waals surface area contributed by atoms with E-state index in [9.17, 15) is 9.59 Å². The van der Waals surface area contributed by atoms with Crippen LogP contribution in [-0.4, -0.2) is 40.5 Å². The van der Waals surface area contributed by atoms with E-state index in [1.165, 1.54) is 5.69 Å². The number of carbonyl (C=O) groups excluding carboxylic acids is 2. The molecule has 0 unspecified atom stereocenters. The summed E-state index contributed by atoms with van der Waals surface area (Å²) in [6.45, 7) is 0.901. The van der Waals surface area contributed by atoms with Gasteiger partial charge in [0.25, 0.3) is 0 Å². The smallest absolute Gasteiger partial charge is 0.247 e. The highest BCUT2D eigenvalue weighted by Crippen LogP contribution is 2.49. The molecule has 3 heterocycles. The average molecular weight is 341 g/mol. The molecule has 5 rings (SSSR count). The van der Waals surface area contributed by atoms with Crippen LogP contribution in [0.1, 0.15) is 31.2 Å². The summed E-state index contributed by atoms with van der Waals surface area (Å²) in [6.07, 6.45) is 4.31. The second-order valence-electron chi connectivity index (χ2n) is 7.29. The van der Waals surface area contributed by atoms with E-state index in [2.05, 4.69) is 16.3 Å². The molecule has 3 aliphatic heterocycles. The van der Waals surface area contributed by atoms with Crippen LogP contribution in [0.4, 0.5) is 5.69 Å². The summed E-state index contributed by atoms with van der Waals surface area (Å²) in [6, 6.07) is 8.27. The van der Waals surface area contributed by atoms with E-state index in [4.69, 9.17) is 12.2 Å². The lowest BCUT2D eigenvalue weighted by Gasteiger charge is -2.50. The topological polar surface area (TPSA) is 52.7 Å². The first-order valence-electron chi connectivity index (χ1n) is 8.66. The van der Waals surface area contributed by atoms with E-state index in [-0.39, 0.29) is 23.9 Å². The zero-order valence-electron chi connectivity index (χ0n) is 13.3. The van der Waals surface area contributed by atoms with Crippen molar-refractivity contribution in [1.29, 1.82) is 0 Å². The third kappa shape index (κ3) is 1.72. The molecule has 1 aliphatic carbocycles. The molecule has 24 heavy (non-hydrogen) atoms. The molecule has 2 saturated heterocycles. The van der Waals surface area contributed by atoms with Crippen LogP contribution in [-0.2, 0) is 16.0 Å². The maximum absolute atomic E-state index is 13.5. The number of rotatable bonds is 1. The third-order valence-electron chi connectivity index (χ3n) is 5.95. The zero-order valence-corrected chi connectivity index (χ0v) is 14.1.